The second-order valence-electron chi connectivity index (χ2n) is 2.80. The molecule has 2 N–H and O–H groups in total. The summed E-state index contributed by atoms with van der Waals surface area (Å²) in [5, 5.41) is 0. The van der Waals surface area contributed by atoms with Gasteiger partial charge in [0.05, 0.1) is 0 Å². The van der Waals surface area contributed by atoms with Crippen LogP contribution >= 0.6 is 0 Å². The van der Waals surface area contributed by atoms with Gasteiger partial charge in [-0.2, -0.15) is 0 Å². The van der Waals surface area contributed by atoms with E-state index in [0.29, 0.717) is 0 Å². The Morgan fingerprint density at radius 2 is 2.00 bits per heavy atom. The van der Waals surface area contributed by atoms with Crippen molar-refractivity contribution in [3.8, 4) is 0 Å². The number of nitrogens with zero attached hydrogens (tertiary/aromatic N) is 1. The minimum absolute atomic E-state index is 0.767. The molecule has 0 atom stereocenters. The Morgan fingerprint density at radius 3 is 2.44 bits per heavy atom. The van der Waals surface area contributed by atoms with Gasteiger partial charge in [0, 0.05) is 0 Å². The number of hydrogen-bond donors (Lipinski definition) is 1. The van der Waals surface area contributed by atoms with Gasteiger partial charge in [0.15, 0.2) is 0 Å². The molecule has 9 heavy (non-hydrogen) atoms. The second-order valence-corrected chi connectivity index (χ2v) is 2.80. The summed E-state index contributed by atoms with van der Waals surface area (Å²) in [6, 6.07) is 0. The van der Waals surface area contributed by atoms with Gasteiger partial charge in [-0.25, -0.2) is 0 Å². The molecule has 0 amide bonds. The highest BCUT2D eigenvalue weighted by atomic mass is 15.1. The molecule has 2 heteroatoms. The molecule has 54 valence electrons. The van der Waals surface area contributed by atoms with Crippen molar-refractivity contribution in [3.05, 3.63) is 7.05 Å². The molecule has 0 aliphatic carbocycles. The Labute approximate surface area is 57.0 Å². The molecule has 0 radical (unpaired) electrons. The molecule has 0 spiro atoms. The summed E-state index contributed by atoms with van der Waals surface area (Å²) in [4.78, 5) is 2.12. The van der Waals surface area contributed by atoms with E-state index < -0.39 is 0 Å². The average molecular weight is 127 g/mol. The zero-order valence-electron chi connectivity index (χ0n) is 5.84. The van der Waals surface area contributed by atoms with Gasteiger partial charge < -0.3 is 10.6 Å². The normalized spacial score (nSPS) is 24.7. The lowest BCUT2D eigenvalue weighted by Gasteiger charge is -2.33. The van der Waals surface area contributed by atoms with E-state index in [4.69, 9.17) is 5.73 Å². The Bertz CT molecular complexity index is 75.0. The zero-order chi connectivity index (χ0) is 6.69. The molecule has 0 bridgehead atoms. The van der Waals surface area contributed by atoms with E-state index >= 15 is 0 Å². The average Bonchev–Trinajstić information content (AvgIpc) is 1.90. The minimum Gasteiger partial charge on any atom is -0.459 e. The lowest BCUT2D eigenvalue weighted by Crippen LogP contribution is -2.31. The van der Waals surface area contributed by atoms with Crippen LogP contribution in [0, 0.1) is 13.0 Å². The Kier molecular flexibility index (Phi) is 2.49. The Morgan fingerprint density at radius 1 is 1.44 bits per heavy atom. The SMILES string of the molecule is [CH2-]N1CCC(CN)CC1. The van der Waals surface area contributed by atoms with Gasteiger partial charge in [-0.15, -0.1) is 0 Å². The summed E-state index contributed by atoms with van der Waals surface area (Å²) >= 11 is 0. The summed E-state index contributed by atoms with van der Waals surface area (Å²) in [6.07, 6.45) is 2.47. The molecule has 0 aromatic heterocycles. The fourth-order valence-electron chi connectivity index (χ4n) is 1.22. The molecule has 1 heterocycles. The molecule has 1 fully saturated rings. The maximum absolute atomic E-state index is 5.51. The highest BCUT2D eigenvalue weighted by Gasteiger charge is 2.10. The maximum Gasteiger partial charge on any atom is -0.00479 e. The Hall–Kier alpha value is -0.0800. The predicted octanol–water partition coefficient (Wildman–Crippen LogP) is 0.449. The first-order valence-corrected chi connectivity index (χ1v) is 3.58. The summed E-state index contributed by atoms with van der Waals surface area (Å²) in [7, 11) is 3.86. The molecular formula is C7H15N2-. The van der Waals surface area contributed by atoms with E-state index in [-0.39, 0.29) is 0 Å². The summed E-state index contributed by atoms with van der Waals surface area (Å²) < 4.78 is 0. The topological polar surface area (TPSA) is 29.3 Å². The van der Waals surface area contributed by atoms with E-state index in [1.165, 1.54) is 12.8 Å². The van der Waals surface area contributed by atoms with Crippen molar-refractivity contribution in [2.75, 3.05) is 19.6 Å². The first kappa shape index (κ1) is 7.03. The van der Waals surface area contributed by atoms with Gasteiger partial charge in [-0.3, -0.25) is 7.05 Å². The lowest BCUT2D eigenvalue weighted by molar-refractivity contribution is 0.244. The standard InChI is InChI=1S/C7H15N2/c1-9-4-2-7(6-8)3-5-9/h7H,1-6,8H2/q-1. The van der Waals surface area contributed by atoms with Crippen molar-refractivity contribution >= 4 is 0 Å². The van der Waals surface area contributed by atoms with Crippen molar-refractivity contribution in [1.82, 2.24) is 4.90 Å². The molecule has 0 unspecified atom stereocenters. The number of piperidine rings is 1. The number of rotatable bonds is 1. The second kappa shape index (κ2) is 3.18. The van der Waals surface area contributed by atoms with Crippen molar-refractivity contribution in [3.63, 3.8) is 0 Å². The van der Waals surface area contributed by atoms with Gasteiger partial charge in [-0.05, 0) is 38.4 Å². The molecule has 1 saturated heterocycles. The fraction of sp³-hybridized carbons (Fsp3) is 0.857. The van der Waals surface area contributed by atoms with Gasteiger partial charge in [-0.1, -0.05) is 0 Å². The number of nitrogens with two attached hydrogens (primary N) is 1. The monoisotopic (exact) mass is 127 g/mol. The van der Waals surface area contributed by atoms with Crippen LogP contribution in [0.4, 0.5) is 0 Å². The fourth-order valence-corrected chi connectivity index (χ4v) is 1.22. The van der Waals surface area contributed by atoms with Gasteiger partial charge >= 0.3 is 0 Å². The smallest absolute Gasteiger partial charge is 0.00479 e. The largest absolute Gasteiger partial charge is 0.459 e. The molecule has 1 rings (SSSR count). The third kappa shape index (κ3) is 1.95. The first-order chi connectivity index (χ1) is 4.33. The van der Waals surface area contributed by atoms with E-state index in [1.54, 1.807) is 0 Å². The minimum atomic E-state index is 0.767. The van der Waals surface area contributed by atoms with Crippen molar-refractivity contribution < 1.29 is 0 Å². The highest BCUT2D eigenvalue weighted by molar-refractivity contribution is 4.71. The van der Waals surface area contributed by atoms with E-state index in [1.807, 2.05) is 0 Å². The molecule has 0 saturated carbocycles. The predicted molar refractivity (Wildman–Crippen MR) is 38.7 cm³/mol. The Balaban J connectivity index is 2.18. The molecule has 0 aromatic rings. The molecule has 2 nitrogen and oxygen atoms in total. The number of likely N-dealkylation sites (tertiary alicyclic amines) is 1. The highest BCUT2D eigenvalue weighted by Crippen LogP contribution is 2.13. The van der Waals surface area contributed by atoms with Gasteiger partial charge in [0.2, 0.25) is 0 Å². The number of hydrogen-bond acceptors (Lipinski definition) is 2. The quantitative estimate of drug-likeness (QED) is 0.518. The van der Waals surface area contributed by atoms with Crippen LogP contribution in [0.2, 0.25) is 0 Å². The van der Waals surface area contributed by atoms with Gasteiger partial charge in [0.25, 0.3) is 0 Å². The molecular weight excluding hydrogens is 112 g/mol. The summed E-state index contributed by atoms with van der Waals surface area (Å²) in [6.45, 7) is 3.11. The maximum atomic E-state index is 5.51. The van der Waals surface area contributed by atoms with Crippen molar-refractivity contribution in [1.29, 1.82) is 0 Å². The van der Waals surface area contributed by atoms with Crippen molar-refractivity contribution in [2.24, 2.45) is 11.7 Å². The van der Waals surface area contributed by atoms with Crippen LogP contribution in [0.5, 0.6) is 0 Å². The van der Waals surface area contributed by atoms with Crippen LogP contribution in [0.15, 0.2) is 0 Å². The van der Waals surface area contributed by atoms with E-state index in [0.717, 1.165) is 25.6 Å². The molecule has 0 aromatic carbocycles. The summed E-state index contributed by atoms with van der Waals surface area (Å²) in [5.74, 6) is 0.767. The summed E-state index contributed by atoms with van der Waals surface area (Å²) in [5.41, 5.74) is 5.51. The van der Waals surface area contributed by atoms with Crippen LogP contribution in [-0.2, 0) is 0 Å². The van der Waals surface area contributed by atoms with Gasteiger partial charge in [0.1, 0.15) is 0 Å². The van der Waals surface area contributed by atoms with Crippen LogP contribution in [-0.4, -0.2) is 24.5 Å². The zero-order valence-corrected chi connectivity index (χ0v) is 5.84. The van der Waals surface area contributed by atoms with Crippen LogP contribution in [0.25, 0.3) is 0 Å². The lowest BCUT2D eigenvalue weighted by atomic mass is 9.98. The van der Waals surface area contributed by atoms with E-state index in [2.05, 4.69) is 11.9 Å². The van der Waals surface area contributed by atoms with Crippen molar-refractivity contribution in [2.45, 2.75) is 12.8 Å². The van der Waals surface area contributed by atoms with E-state index in [9.17, 15) is 0 Å². The first-order valence-electron chi connectivity index (χ1n) is 3.58. The molecule has 1 aliphatic rings. The van der Waals surface area contributed by atoms with Crippen LogP contribution < -0.4 is 5.73 Å². The van der Waals surface area contributed by atoms with Crippen LogP contribution in [0.3, 0.4) is 0 Å². The molecule has 1 aliphatic heterocycles. The third-order valence-corrected chi connectivity index (χ3v) is 2.04. The third-order valence-electron chi connectivity index (χ3n) is 2.04. The van der Waals surface area contributed by atoms with Crippen LogP contribution in [0.1, 0.15) is 12.8 Å².